The highest BCUT2D eigenvalue weighted by Gasteiger charge is 2.15. The van der Waals surface area contributed by atoms with Gasteiger partial charge in [0.05, 0.1) is 32.6 Å². The molecule has 1 aliphatic heterocycles. The minimum atomic E-state index is -0.0393. The maximum Gasteiger partial charge on any atom is 0.240 e. The normalized spacial score (nSPS) is 15.3. The highest BCUT2D eigenvalue weighted by molar-refractivity contribution is 7.14. The molecule has 2 aromatic rings. The van der Waals surface area contributed by atoms with Crippen LogP contribution in [-0.2, 0) is 9.53 Å². The smallest absolute Gasteiger partial charge is 0.240 e. The fourth-order valence-corrected chi connectivity index (χ4v) is 3.08. The van der Waals surface area contributed by atoms with Gasteiger partial charge in [-0.1, -0.05) is 0 Å². The second-order valence-electron chi connectivity index (χ2n) is 5.20. The molecule has 1 fully saturated rings. The first kappa shape index (κ1) is 15.9. The van der Waals surface area contributed by atoms with Crippen LogP contribution in [0.1, 0.15) is 0 Å². The Hall–Kier alpha value is -1.96. The van der Waals surface area contributed by atoms with Gasteiger partial charge in [-0.25, -0.2) is 4.98 Å². The third kappa shape index (κ3) is 4.28. The van der Waals surface area contributed by atoms with Gasteiger partial charge < -0.3 is 14.8 Å². The summed E-state index contributed by atoms with van der Waals surface area (Å²) in [7, 11) is 1.64. The Morgan fingerprint density at radius 3 is 2.78 bits per heavy atom. The maximum atomic E-state index is 12.1. The molecule has 1 aromatic carbocycles. The maximum absolute atomic E-state index is 12.1. The largest absolute Gasteiger partial charge is 0.497 e. The zero-order valence-corrected chi connectivity index (χ0v) is 13.8. The predicted molar refractivity (Wildman–Crippen MR) is 90.0 cm³/mol. The van der Waals surface area contributed by atoms with Gasteiger partial charge in [-0.15, -0.1) is 11.3 Å². The van der Waals surface area contributed by atoms with Crippen LogP contribution in [-0.4, -0.2) is 55.7 Å². The van der Waals surface area contributed by atoms with Crippen molar-refractivity contribution < 1.29 is 14.3 Å². The van der Waals surface area contributed by atoms with E-state index in [1.54, 1.807) is 7.11 Å². The van der Waals surface area contributed by atoms with Crippen LogP contribution < -0.4 is 10.1 Å². The second-order valence-corrected chi connectivity index (χ2v) is 6.06. The number of ether oxygens (including phenoxy) is 2. The number of nitrogens with one attached hydrogen (secondary N) is 1. The molecule has 6 nitrogen and oxygen atoms in total. The molecule has 0 atom stereocenters. The van der Waals surface area contributed by atoms with Crippen molar-refractivity contribution in [2.75, 3.05) is 45.3 Å². The molecular weight excluding hydrogens is 314 g/mol. The number of thiazole rings is 1. The van der Waals surface area contributed by atoms with Gasteiger partial charge in [-0.3, -0.25) is 9.69 Å². The molecule has 0 aliphatic carbocycles. The van der Waals surface area contributed by atoms with Crippen LogP contribution in [0.3, 0.4) is 0 Å². The van der Waals surface area contributed by atoms with Crippen LogP contribution in [0.5, 0.6) is 5.75 Å². The Morgan fingerprint density at radius 1 is 1.35 bits per heavy atom. The lowest BCUT2D eigenvalue weighted by molar-refractivity contribution is -0.118. The summed E-state index contributed by atoms with van der Waals surface area (Å²) in [5.41, 5.74) is 1.84. The van der Waals surface area contributed by atoms with Crippen LogP contribution in [0.25, 0.3) is 11.3 Å². The Labute approximate surface area is 139 Å². The number of benzene rings is 1. The molecule has 2 heterocycles. The van der Waals surface area contributed by atoms with Crippen molar-refractivity contribution in [1.29, 1.82) is 0 Å². The van der Waals surface area contributed by atoms with Gasteiger partial charge in [0.2, 0.25) is 5.91 Å². The van der Waals surface area contributed by atoms with E-state index in [1.165, 1.54) is 11.3 Å². The molecule has 1 amide bonds. The van der Waals surface area contributed by atoms with Crippen molar-refractivity contribution in [3.8, 4) is 17.0 Å². The van der Waals surface area contributed by atoms with E-state index >= 15 is 0 Å². The molecule has 23 heavy (non-hydrogen) atoms. The summed E-state index contributed by atoms with van der Waals surface area (Å²) in [5.74, 6) is 0.769. The number of nitrogens with zero attached hydrogens (tertiary/aromatic N) is 2. The quantitative estimate of drug-likeness (QED) is 0.908. The van der Waals surface area contributed by atoms with E-state index in [2.05, 4.69) is 15.2 Å². The summed E-state index contributed by atoms with van der Waals surface area (Å²) in [4.78, 5) is 18.6. The minimum Gasteiger partial charge on any atom is -0.497 e. The lowest BCUT2D eigenvalue weighted by Crippen LogP contribution is -2.41. The van der Waals surface area contributed by atoms with E-state index in [0.717, 1.165) is 30.1 Å². The van der Waals surface area contributed by atoms with E-state index in [4.69, 9.17) is 9.47 Å². The van der Waals surface area contributed by atoms with Crippen molar-refractivity contribution in [3.05, 3.63) is 29.6 Å². The van der Waals surface area contributed by atoms with Crippen molar-refractivity contribution in [3.63, 3.8) is 0 Å². The van der Waals surface area contributed by atoms with Crippen LogP contribution >= 0.6 is 11.3 Å². The van der Waals surface area contributed by atoms with E-state index < -0.39 is 0 Å². The second kappa shape index (κ2) is 7.54. The zero-order valence-electron chi connectivity index (χ0n) is 12.9. The SMILES string of the molecule is COc1ccc(-c2csc(NC(=O)CN3CCOCC3)n2)cc1. The summed E-state index contributed by atoms with van der Waals surface area (Å²) in [6.45, 7) is 3.34. The van der Waals surface area contributed by atoms with Gasteiger partial charge in [0.25, 0.3) is 0 Å². The van der Waals surface area contributed by atoms with Crippen molar-refractivity contribution in [2.24, 2.45) is 0 Å². The van der Waals surface area contributed by atoms with Crippen LogP contribution in [0.15, 0.2) is 29.6 Å². The van der Waals surface area contributed by atoms with Crippen LogP contribution in [0.4, 0.5) is 5.13 Å². The number of carbonyl (C=O) groups is 1. The molecule has 1 aromatic heterocycles. The highest BCUT2D eigenvalue weighted by Crippen LogP contribution is 2.26. The van der Waals surface area contributed by atoms with E-state index in [0.29, 0.717) is 24.9 Å². The first-order chi connectivity index (χ1) is 11.2. The Balaban J connectivity index is 1.58. The number of hydrogen-bond donors (Lipinski definition) is 1. The molecule has 0 spiro atoms. The predicted octanol–water partition coefficient (Wildman–Crippen LogP) is 2.09. The summed E-state index contributed by atoms with van der Waals surface area (Å²) in [6, 6.07) is 7.69. The molecule has 0 radical (unpaired) electrons. The Kier molecular flexibility index (Phi) is 5.22. The number of amides is 1. The number of aromatic nitrogens is 1. The van der Waals surface area contributed by atoms with E-state index in [1.807, 2.05) is 29.6 Å². The lowest BCUT2D eigenvalue weighted by Gasteiger charge is -2.25. The van der Waals surface area contributed by atoms with Gasteiger partial charge >= 0.3 is 0 Å². The van der Waals surface area contributed by atoms with Gasteiger partial charge in [0, 0.05) is 24.0 Å². The Morgan fingerprint density at radius 2 is 2.09 bits per heavy atom. The Bertz CT molecular complexity index is 651. The first-order valence-corrected chi connectivity index (χ1v) is 8.32. The average Bonchev–Trinajstić information content (AvgIpc) is 3.04. The fourth-order valence-electron chi connectivity index (χ4n) is 2.35. The molecule has 7 heteroatoms. The number of carbonyl (C=O) groups excluding carboxylic acids is 1. The molecule has 1 aliphatic rings. The highest BCUT2D eigenvalue weighted by atomic mass is 32.1. The van der Waals surface area contributed by atoms with Crippen LogP contribution in [0, 0.1) is 0 Å². The van der Waals surface area contributed by atoms with Gasteiger partial charge in [0.1, 0.15) is 5.75 Å². The standard InChI is InChI=1S/C16H19N3O3S/c1-21-13-4-2-12(3-5-13)14-11-23-16(17-14)18-15(20)10-19-6-8-22-9-7-19/h2-5,11H,6-10H2,1H3,(H,17,18,20). The number of methoxy groups -OCH3 is 1. The van der Waals surface area contributed by atoms with Crippen molar-refractivity contribution in [1.82, 2.24) is 9.88 Å². The minimum absolute atomic E-state index is 0.0393. The third-order valence-corrected chi connectivity index (χ3v) is 4.36. The summed E-state index contributed by atoms with van der Waals surface area (Å²) in [5, 5.41) is 5.42. The zero-order chi connectivity index (χ0) is 16.1. The lowest BCUT2D eigenvalue weighted by atomic mass is 10.2. The van der Waals surface area contributed by atoms with Crippen LogP contribution in [0.2, 0.25) is 0 Å². The average molecular weight is 333 g/mol. The fraction of sp³-hybridized carbons (Fsp3) is 0.375. The number of anilines is 1. The molecule has 122 valence electrons. The molecule has 0 bridgehead atoms. The molecular formula is C16H19N3O3S. The van der Waals surface area contributed by atoms with Gasteiger partial charge in [-0.2, -0.15) is 0 Å². The van der Waals surface area contributed by atoms with Gasteiger partial charge in [-0.05, 0) is 24.3 Å². The van der Waals surface area contributed by atoms with Crippen molar-refractivity contribution >= 4 is 22.4 Å². The topological polar surface area (TPSA) is 63.7 Å². The molecule has 3 rings (SSSR count). The van der Waals surface area contributed by atoms with Gasteiger partial charge in [0.15, 0.2) is 5.13 Å². The number of hydrogen-bond acceptors (Lipinski definition) is 6. The summed E-state index contributed by atoms with van der Waals surface area (Å²) >= 11 is 1.43. The van der Waals surface area contributed by atoms with E-state index in [-0.39, 0.29) is 5.91 Å². The molecule has 0 unspecified atom stereocenters. The third-order valence-electron chi connectivity index (χ3n) is 3.61. The summed E-state index contributed by atoms with van der Waals surface area (Å²) < 4.78 is 10.4. The first-order valence-electron chi connectivity index (χ1n) is 7.44. The van der Waals surface area contributed by atoms with E-state index in [9.17, 15) is 4.79 Å². The molecule has 1 saturated heterocycles. The monoisotopic (exact) mass is 333 g/mol. The number of morpholine rings is 1. The number of rotatable bonds is 5. The molecule has 1 N–H and O–H groups in total. The molecule has 0 saturated carbocycles. The van der Waals surface area contributed by atoms with Crippen molar-refractivity contribution in [2.45, 2.75) is 0 Å². The summed E-state index contributed by atoms with van der Waals surface area (Å²) in [6.07, 6.45) is 0.